The molecule has 0 aliphatic carbocycles. The van der Waals surface area contributed by atoms with Crippen LogP contribution in [0.5, 0.6) is 0 Å². The van der Waals surface area contributed by atoms with Crippen molar-refractivity contribution in [3.8, 4) is 11.1 Å². The molecule has 2 saturated heterocycles. The van der Waals surface area contributed by atoms with Crippen molar-refractivity contribution in [1.82, 2.24) is 29.0 Å². The van der Waals surface area contributed by atoms with Crippen molar-refractivity contribution in [3.63, 3.8) is 0 Å². The molecule has 9 nitrogen and oxygen atoms in total. The molecule has 3 aromatic rings. The highest BCUT2D eigenvalue weighted by molar-refractivity contribution is 6.03. The molecule has 1 aromatic carbocycles. The number of likely N-dealkylation sites (tertiary alicyclic amines) is 1. The highest BCUT2D eigenvalue weighted by Crippen LogP contribution is 2.37. The van der Waals surface area contributed by atoms with E-state index in [1.165, 1.54) is 17.7 Å². The number of imidazole rings is 1. The molecule has 1 unspecified atom stereocenters. The summed E-state index contributed by atoms with van der Waals surface area (Å²) in [6, 6.07) is 7.14. The van der Waals surface area contributed by atoms with Gasteiger partial charge in [0.25, 0.3) is 5.91 Å². The second kappa shape index (κ2) is 13.9. The van der Waals surface area contributed by atoms with E-state index in [0.717, 1.165) is 55.2 Å². The fraction of sp³-hybridized carbons (Fsp3) is 0.595. The first kappa shape index (κ1) is 34.8. The van der Waals surface area contributed by atoms with Crippen LogP contribution >= 0.6 is 0 Å². The van der Waals surface area contributed by atoms with Gasteiger partial charge in [-0.25, -0.2) is 14.2 Å². The fourth-order valence-electron chi connectivity index (χ4n) is 6.95. The van der Waals surface area contributed by atoms with E-state index in [-0.39, 0.29) is 18.0 Å². The van der Waals surface area contributed by atoms with Crippen molar-refractivity contribution in [2.45, 2.75) is 85.9 Å². The number of aromatic nitrogens is 2. The number of piperazine rings is 1. The van der Waals surface area contributed by atoms with Gasteiger partial charge in [0, 0.05) is 82.1 Å². The van der Waals surface area contributed by atoms with E-state index < -0.39 is 11.4 Å². The minimum Gasteiger partial charge on any atom is -0.444 e. The van der Waals surface area contributed by atoms with E-state index in [1.807, 2.05) is 59.6 Å². The number of amides is 2. The van der Waals surface area contributed by atoms with Crippen LogP contribution in [0, 0.1) is 18.7 Å². The Morgan fingerprint density at radius 2 is 1.72 bits per heavy atom. The van der Waals surface area contributed by atoms with Crippen LogP contribution < -0.4 is 0 Å². The molecule has 0 saturated carbocycles. The van der Waals surface area contributed by atoms with Crippen LogP contribution in [0.1, 0.15) is 83.1 Å². The molecule has 2 fully saturated rings. The Balaban J connectivity index is 1.34. The van der Waals surface area contributed by atoms with E-state index in [9.17, 15) is 14.0 Å². The maximum absolute atomic E-state index is 14.6. The predicted octanol–water partition coefficient (Wildman–Crippen LogP) is 6.30. The molecular weight excluding hydrogens is 595 g/mol. The summed E-state index contributed by atoms with van der Waals surface area (Å²) in [5, 5.41) is 0. The lowest BCUT2D eigenvalue weighted by Crippen LogP contribution is -2.58. The molecule has 2 aliphatic rings. The summed E-state index contributed by atoms with van der Waals surface area (Å²) in [4.78, 5) is 39.6. The maximum Gasteiger partial charge on any atom is 0.410 e. The molecule has 2 aliphatic heterocycles. The zero-order chi connectivity index (χ0) is 34.2. The molecule has 47 heavy (non-hydrogen) atoms. The third-order valence-electron chi connectivity index (χ3n) is 9.66. The lowest BCUT2D eigenvalue weighted by atomic mass is 9.86. The van der Waals surface area contributed by atoms with Gasteiger partial charge in [0.1, 0.15) is 17.2 Å². The van der Waals surface area contributed by atoms with Gasteiger partial charge in [-0.3, -0.25) is 14.6 Å². The maximum atomic E-state index is 14.6. The zero-order valence-electron chi connectivity index (χ0n) is 29.7. The summed E-state index contributed by atoms with van der Waals surface area (Å²) < 4.78 is 22.3. The van der Waals surface area contributed by atoms with E-state index in [1.54, 1.807) is 11.0 Å². The number of aryl methyl sites for hydroxylation is 1. The van der Waals surface area contributed by atoms with Crippen molar-refractivity contribution in [2.75, 3.05) is 52.4 Å². The predicted molar refractivity (Wildman–Crippen MR) is 184 cm³/mol. The van der Waals surface area contributed by atoms with Gasteiger partial charge >= 0.3 is 6.09 Å². The number of hydrogen-bond acceptors (Lipinski definition) is 6. The third kappa shape index (κ3) is 7.64. The van der Waals surface area contributed by atoms with Gasteiger partial charge in [-0.15, -0.1) is 0 Å². The average molecular weight is 649 g/mol. The Morgan fingerprint density at radius 1 is 1.04 bits per heavy atom. The van der Waals surface area contributed by atoms with Crippen molar-refractivity contribution in [2.24, 2.45) is 5.92 Å². The van der Waals surface area contributed by atoms with Crippen LogP contribution in [0.25, 0.3) is 16.6 Å². The summed E-state index contributed by atoms with van der Waals surface area (Å²) >= 11 is 0. The van der Waals surface area contributed by atoms with Crippen LogP contribution in [0.2, 0.25) is 0 Å². The topological polar surface area (TPSA) is 73.6 Å². The Bertz CT molecular complexity index is 1580. The number of benzene rings is 1. The van der Waals surface area contributed by atoms with Gasteiger partial charge in [-0.2, -0.15) is 0 Å². The van der Waals surface area contributed by atoms with E-state index in [2.05, 4.69) is 45.3 Å². The zero-order valence-corrected chi connectivity index (χ0v) is 29.7. The number of nitrogens with zero attached hydrogens (tertiary/aromatic N) is 6. The van der Waals surface area contributed by atoms with Gasteiger partial charge in [0.05, 0.1) is 17.3 Å². The van der Waals surface area contributed by atoms with Gasteiger partial charge in [-0.05, 0) is 83.7 Å². The van der Waals surface area contributed by atoms with Crippen molar-refractivity contribution < 1.29 is 18.7 Å². The van der Waals surface area contributed by atoms with Gasteiger partial charge in [-0.1, -0.05) is 19.9 Å². The Hall–Kier alpha value is -3.50. The van der Waals surface area contributed by atoms with Crippen molar-refractivity contribution in [1.29, 1.82) is 0 Å². The summed E-state index contributed by atoms with van der Waals surface area (Å²) in [7, 11) is 0. The number of rotatable bonds is 9. The highest BCUT2D eigenvalue weighted by atomic mass is 19.1. The van der Waals surface area contributed by atoms with Crippen LogP contribution in [-0.2, 0) is 4.74 Å². The molecule has 10 heteroatoms. The minimum absolute atomic E-state index is 0.00380. The quantitative estimate of drug-likeness (QED) is 0.272. The normalized spacial score (nSPS) is 17.4. The van der Waals surface area contributed by atoms with Crippen molar-refractivity contribution >= 4 is 17.5 Å². The molecule has 1 atom stereocenters. The second-order valence-corrected chi connectivity index (χ2v) is 14.9. The molecule has 2 aromatic heterocycles. The number of halogens is 1. The lowest BCUT2D eigenvalue weighted by molar-refractivity contribution is 0.00371. The molecule has 0 N–H and O–H groups in total. The highest BCUT2D eigenvalue weighted by Gasteiger charge is 2.37. The van der Waals surface area contributed by atoms with E-state index in [4.69, 9.17) is 4.74 Å². The SMILES string of the molecule is CCN(C(=O)c1cc(F)ccc1-c1cc(C2CN(C(CN3CCN(C(=O)OC(C)(C)C)CC3)C(C)C)C2)cn2c(C)ncc12)C(C)C. The van der Waals surface area contributed by atoms with Crippen LogP contribution in [0.15, 0.2) is 36.7 Å². The Labute approximate surface area is 279 Å². The number of carbonyl (C=O) groups excluding carboxylic acids is 2. The molecule has 2 amide bonds. The molecule has 256 valence electrons. The van der Waals surface area contributed by atoms with Crippen LogP contribution in [0.3, 0.4) is 0 Å². The van der Waals surface area contributed by atoms with Gasteiger partial charge in [0.15, 0.2) is 0 Å². The minimum atomic E-state index is -0.490. The number of pyridine rings is 1. The Kier molecular flexibility index (Phi) is 10.3. The van der Waals surface area contributed by atoms with Gasteiger partial charge < -0.3 is 18.9 Å². The molecule has 0 radical (unpaired) electrons. The van der Waals surface area contributed by atoms with Crippen molar-refractivity contribution in [3.05, 3.63) is 59.4 Å². The molecule has 0 spiro atoms. The summed E-state index contributed by atoms with van der Waals surface area (Å²) in [6.45, 7) is 24.6. The number of fused-ring (bicyclic) bond motifs is 1. The summed E-state index contributed by atoms with van der Waals surface area (Å²) in [6.07, 6.45) is 3.80. The first-order valence-corrected chi connectivity index (χ1v) is 17.2. The first-order chi connectivity index (χ1) is 22.2. The van der Waals surface area contributed by atoms with Crippen LogP contribution in [-0.4, -0.2) is 111 Å². The van der Waals surface area contributed by atoms with E-state index >= 15 is 0 Å². The molecule has 4 heterocycles. The second-order valence-electron chi connectivity index (χ2n) is 14.9. The lowest BCUT2D eigenvalue weighted by Gasteiger charge is -2.48. The molecule has 5 rings (SSSR count). The third-order valence-corrected chi connectivity index (χ3v) is 9.66. The molecule has 0 bridgehead atoms. The van der Waals surface area contributed by atoms with Crippen LogP contribution in [0.4, 0.5) is 9.18 Å². The van der Waals surface area contributed by atoms with Gasteiger partial charge in [0.2, 0.25) is 0 Å². The number of carbonyl (C=O) groups is 2. The number of ether oxygens (including phenoxy) is 1. The Morgan fingerprint density at radius 3 is 2.32 bits per heavy atom. The monoisotopic (exact) mass is 648 g/mol. The first-order valence-electron chi connectivity index (χ1n) is 17.2. The van der Waals surface area contributed by atoms with E-state index in [0.29, 0.717) is 43.1 Å². The number of hydrogen-bond donors (Lipinski definition) is 0. The summed E-state index contributed by atoms with van der Waals surface area (Å²) in [5.74, 6) is 1.08. The smallest absolute Gasteiger partial charge is 0.410 e. The summed E-state index contributed by atoms with van der Waals surface area (Å²) in [5.41, 5.74) is 3.60. The molecular formula is C37H53FN6O3. The average Bonchev–Trinajstić information content (AvgIpc) is 3.35. The fourth-order valence-corrected chi connectivity index (χ4v) is 6.95. The standard InChI is InChI=1S/C37H53FN6O3/c1-10-43(25(4)5)35(45)32-18-29(38)11-12-30(32)31-17-27(22-44-26(6)39-19-33(31)44)28-20-42(21-28)34(24(2)3)23-40-13-15-41(16-14-40)36(46)47-37(7,8)9/h11-12,17-19,22,24-25,28,34H,10,13-16,20-21,23H2,1-9H3. The largest absolute Gasteiger partial charge is 0.444 e.